The fraction of sp³-hybridized carbons (Fsp3) is 0.529. The largest absolute Gasteiger partial charge is 0.434 e. The maximum absolute atomic E-state index is 12.6. The molecule has 0 bridgehead atoms. The van der Waals surface area contributed by atoms with Gasteiger partial charge >= 0.3 is 6.61 Å². The maximum Gasteiger partial charge on any atom is 0.387 e. The summed E-state index contributed by atoms with van der Waals surface area (Å²) in [5, 5.41) is 3.12. The van der Waals surface area contributed by atoms with Crippen LogP contribution >= 0.6 is 0 Å². The van der Waals surface area contributed by atoms with Gasteiger partial charge in [-0.15, -0.1) is 0 Å². The molecular weight excluding hydrogens is 348 g/mol. The number of amides is 2. The molecule has 9 heteroatoms. The summed E-state index contributed by atoms with van der Waals surface area (Å²) in [6.07, 6.45) is 0. The molecular formula is C17H21F2N3O4. The summed E-state index contributed by atoms with van der Waals surface area (Å²) in [5.41, 5.74) is 0.0925. The van der Waals surface area contributed by atoms with E-state index in [0.717, 1.165) is 0 Å². The quantitative estimate of drug-likeness (QED) is 0.840. The third-order valence-corrected chi connectivity index (χ3v) is 4.43. The van der Waals surface area contributed by atoms with Crippen molar-refractivity contribution in [3.8, 4) is 5.75 Å². The van der Waals surface area contributed by atoms with Gasteiger partial charge in [-0.05, 0) is 12.1 Å². The van der Waals surface area contributed by atoms with E-state index in [1.54, 1.807) is 15.9 Å². The second kappa shape index (κ2) is 8.41. The van der Waals surface area contributed by atoms with Gasteiger partial charge in [0.05, 0.1) is 18.8 Å². The van der Waals surface area contributed by atoms with Gasteiger partial charge in [0.1, 0.15) is 11.8 Å². The van der Waals surface area contributed by atoms with Gasteiger partial charge in [0, 0.05) is 32.7 Å². The topological polar surface area (TPSA) is 71.1 Å². The van der Waals surface area contributed by atoms with Gasteiger partial charge < -0.3 is 24.6 Å². The Hall–Kier alpha value is -2.26. The van der Waals surface area contributed by atoms with Crippen molar-refractivity contribution in [2.75, 3.05) is 45.9 Å². The molecule has 1 unspecified atom stereocenters. The number of halogens is 2. The fourth-order valence-electron chi connectivity index (χ4n) is 3.09. The molecule has 0 radical (unpaired) electrons. The molecule has 0 saturated carbocycles. The van der Waals surface area contributed by atoms with Crippen LogP contribution in [-0.2, 0) is 9.53 Å². The van der Waals surface area contributed by atoms with Crippen molar-refractivity contribution in [1.29, 1.82) is 0 Å². The Kier molecular flexibility index (Phi) is 6.00. The van der Waals surface area contributed by atoms with E-state index in [4.69, 9.17) is 4.74 Å². The van der Waals surface area contributed by atoms with Crippen LogP contribution in [0.2, 0.25) is 0 Å². The molecule has 0 spiro atoms. The minimum Gasteiger partial charge on any atom is -0.434 e. The van der Waals surface area contributed by atoms with E-state index < -0.39 is 6.61 Å². The van der Waals surface area contributed by atoms with Gasteiger partial charge in [0.15, 0.2) is 0 Å². The Morgan fingerprint density at radius 3 is 2.50 bits per heavy atom. The molecule has 7 nitrogen and oxygen atoms in total. The van der Waals surface area contributed by atoms with Crippen molar-refractivity contribution < 1.29 is 27.8 Å². The second-order valence-electron chi connectivity index (χ2n) is 6.07. The average Bonchev–Trinajstić information content (AvgIpc) is 2.68. The summed E-state index contributed by atoms with van der Waals surface area (Å²) in [6.45, 7) is 0.0191. The van der Waals surface area contributed by atoms with Crippen LogP contribution < -0.4 is 10.1 Å². The summed E-state index contributed by atoms with van der Waals surface area (Å²) in [6, 6.07) is 5.57. The first-order chi connectivity index (χ1) is 12.6. The van der Waals surface area contributed by atoms with E-state index in [1.165, 1.54) is 18.2 Å². The van der Waals surface area contributed by atoms with Crippen molar-refractivity contribution in [2.45, 2.75) is 12.7 Å². The summed E-state index contributed by atoms with van der Waals surface area (Å²) in [5.74, 6) is -0.569. The highest BCUT2D eigenvalue weighted by Crippen LogP contribution is 2.22. The van der Waals surface area contributed by atoms with Crippen LogP contribution in [0.5, 0.6) is 5.75 Å². The monoisotopic (exact) mass is 369 g/mol. The van der Waals surface area contributed by atoms with Crippen LogP contribution in [0.15, 0.2) is 24.3 Å². The summed E-state index contributed by atoms with van der Waals surface area (Å²) >= 11 is 0. The minimum atomic E-state index is -3.00. The predicted octanol–water partition coefficient (Wildman–Crippen LogP) is 0.561. The lowest BCUT2D eigenvalue weighted by molar-refractivity contribution is -0.137. The van der Waals surface area contributed by atoms with Crippen LogP contribution in [0.4, 0.5) is 8.78 Å². The summed E-state index contributed by atoms with van der Waals surface area (Å²) in [7, 11) is 0. The number of carbonyl (C=O) groups is 2. The van der Waals surface area contributed by atoms with Gasteiger partial charge in [0.25, 0.3) is 5.91 Å². The Morgan fingerprint density at radius 2 is 1.85 bits per heavy atom. The van der Waals surface area contributed by atoms with Crippen LogP contribution in [0.25, 0.3) is 0 Å². The molecule has 0 aliphatic carbocycles. The number of para-hydroxylation sites is 1. The van der Waals surface area contributed by atoms with Crippen LogP contribution in [0.1, 0.15) is 10.4 Å². The first kappa shape index (κ1) is 18.5. The predicted molar refractivity (Wildman–Crippen MR) is 88.2 cm³/mol. The molecule has 3 rings (SSSR count). The molecule has 26 heavy (non-hydrogen) atoms. The Bertz CT molecular complexity index is 645. The first-order valence-corrected chi connectivity index (χ1v) is 8.49. The molecule has 1 aromatic carbocycles. The number of ether oxygens (including phenoxy) is 2. The van der Waals surface area contributed by atoms with E-state index in [-0.39, 0.29) is 29.2 Å². The van der Waals surface area contributed by atoms with Crippen LogP contribution in [0.3, 0.4) is 0 Å². The number of piperazine rings is 1. The number of alkyl halides is 2. The lowest BCUT2D eigenvalue weighted by Crippen LogP contribution is -2.57. The number of rotatable bonds is 4. The lowest BCUT2D eigenvalue weighted by atomic mass is 10.1. The van der Waals surface area contributed by atoms with Crippen LogP contribution in [0, 0.1) is 0 Å². The number of benzene rings is 1. The third-order valence-electron chi connectivity index (χ3n) is 4.43. The highest BCUT2D eigenvalue weighted by molar-refractivity contribution is 5.97. The Balaban J connectivity index is 1.59. The molecule has 2 aliphatic rings. The fourth-order valence-corrected chi connectivity index (χ4v) is 3.09. The molecule has 2 fully saturated rings. The zero-order chi connectivity index (χ0) is 18.5. The van der Waals surface area contributed by atoms with E-state index in [1.807, 2.05) is 0 Å². The van der Waals surface area contributed by atoms with Crippen molar-refractivity contribution in [3.63, 3.8) is 0 Å². The molecule has 2 saturated heterocycles. The number of carbonyl (C=O) groups excluding carboxylic acids is 2. The SMILES string of the molecule is O=C(c1ccccc1OC(F)F)N1CCN(C(=O)C2COCCN2)CC1. The normalized spacial score (nSPS) is 21.0. The van der Waals surface area contributed by atoms with E-state index >= 15 is 0 Å². The zero-order valence-electron chi connectivity index (χ0n) is 14.2. The maximum atomic E-state index is 12.6. The van der Waals surface area contributed by atoms with E-state index in [2.05, 4.69) is 10.1 Å². The number of hydrogen-bond acceptors (Lipinski definition) is 5. The van der Waals surface area contributed by atoms with Crippen molar-refractivity contribution >= 4 is 11.8 Å². The van der Waals surface area contributed by atoms with Gasteiger partial charge in [-0.2, -0.15) is 8.78 Å². The minimum absolute atomic E-state index is 0.0433. The van der Waals surface area contributed by atoms with Gasteiger partial charge in [-0.25, -0.2) is 0 Å². The first-order valence-electron chi connectivity index (χ1n) is 8.49. The second-order valence-corrected chi connectivity index (χ2v) is 6.07. The highest BCUT2D eigenvalue weighted by Gasteiger charge is 2.31. The number of hydrogen-bond donors (Lipinski definition) is 1. The number of nitrogens with zero attached hydrogens (tertiary/aromatic N) is 2. The zero-order valence-corrected chi connectivity index (χ0v) is 14.2. The molecule has 2 heterocycles. The molecule has 2 aliphatic heterocycles. The van der Waals surface area contributed by atoms with Crippen molar-refractivity contribution in [2.24, 2.45) is 0 Å². The van der Waals surface area contributed by atoms with Crippen molar-refractivity contribution in [3.05, 3.63) is 29.8 Å². The third kappa shape index (κ3) is 4.28. The van der Waals surface area contributed by atoms with Crippen LogP contribution in [-0.4, -0.2) is 80.2 Å². The molecule has 142 valence electrons. The lowest BCUT2D eigenvalue weighted by Gasteiger charge is -2.37. The van der Waals surface area contributed by atoms with Gasteiger partial charge in [0.2, 0.25) is 5.91 Å². The molecule has 0 aromatic heterocycles. The molecule has 1 atom stereocenters. The van der Waals surface area contributed by atoms with Gasteiger partial charge in [-0.1, -0.05) is 12.1 Å². The molecule has 2 amide bonds. The van der Waals surface area contributed by atoms with Crippen molar-refractivity contribution in [1.82, 2.24) is 15.1 Å². The Labute approximate surface area is 149 Å². The average molecular weight is 369 g/mol. The summed E-state index contributed by atoms with van der Waals surface area (Å²) in [4.78, 5) is 28.3. The van der Waals surface area contributed by atoms with E-state index in [9.17, 15) is 18.4 Å². The Morgan fingerprint density at radius 1 is 1.15 bits per heavy atom. The van der Waals surface area contributed by atoms with E-state index in [0.29, 0.717) is 45.9 Å². The highest BCUT2D eigenvalue weighted by atomic mass is 19.3. The summed E-state index contributed by atoms with van der Waals surface area (Å²) < 4.78 is 34.8. The molecule has 1 N–H and O–H groups in total. The van der Waals surface area contributed by atoms with Gasteiger partial charge in [-0.3, -0.25) is 9.59 Å². The number of morpholine rings is 1. The molecule has 1 aromatic rings. The standard InChI is InChI=1S/C17H21F2N3O4/c18-17(19)26-14-4-2-1-3-12(14)15(23)21-6-8-22(9-7-21)16(24)13-11-25-10-5-20-13/h1-4,13,17,20H,5-11H2. The smallest absolute Gasteiger partial charge is 0.387 e. The number of nitrogens with one attached hydrogen (secondary N) is 1.